The van der Waals surface area contributed by atoms with Crippen LogP contribution in [0.2, 0.25) is 0 Å². The maximum atomic E-state index is 13.4. The van der Waals surface area contributed by atoms with Gasteiger partial charge in [-0.25, -0.2) is 9.37 Å². The predicted octanol–water partition coefficient (Wildman–Crippen LogP) is 3.62. The topological polar surface area (TPSA) is 66.6 Å². The summed E-state index contributed by atoms with van der Waals surface area (Å²) in [6.07, 6.45) is 2.78. The Hall–Kier alpha value is -2.73. The molecule has 0 saturated carbocycles. The molecular weight excluding hydrogens is 335 g/mol. The fourth-order valence-electron chi connectivity index (χ4n) is 3.43. The number of fused-ring (bicyclic) bond motifs is 1. The quantitative estimate of drug-likeness (QED) is 0.780. The number of hydrogen-bond donors (Lipinski definition) is 1. The van der Waals surface area contributed by atoms with E-state index in [1.165, 1.54) is 12.1 Å². The maximum absolute atomic E-state index is 13.4. The lowest BCUT2D eigenvalue weighted by molar-refractivity contribution is 0.0503. The Balaban J connectivity index is 1.66. The number of rotatable bonds is 3. The van der Waals surface area contributed by atoms with Gasteiger partial charge in [0.25, 0.3) is 5.91 Å². The third-order valence-electron chi connectivity index (χ3n) is 4.80. The van der Waals surface area contributed by atoms with Crippen LogP contribution in [0, 0.1) is 5.82 Å². The summed E-state index contributed by atoms with van der Waals surface area (Å²) < 4.78 is 19.1. The van der Waals surface area contributed by atoms with Crippen molar-refractivity contribution in [2.45, 2.75) is 25.3 Å². The molecule has 1 aromatic heterocycles. The summed E-state index contributed by atoms with van der Waals surface area (Å²) in [6, 6.07) is 11.0. The number of benzene rings is 2. The fraction of sp³-hybridized carbons (Fsp3) is 0.300. The van der Waals surface area contributed by atoms with Crippen LogP contribution in [0.25, 0.3) is 22.6 Å². The molecule has 4 rings (SSSR count). The standard InChI is InChI=1S/C20H19FN2O3/c21-15-5-3-4-13(10-15)19-22-17-11-14(7-8-18(17)26-19)20(25)23-9-2-1-6-16(23)12-24/h3-5,7-8,10-11,16,24H,1-2,6,9,12H2. The van der Waals surface area contributed by atoms with Gasteiger partial charge in [-0.1, -0.05) is 6.07 Å². The Kier molecular flexibility index (Phi) is 4.42. The zero-order valence-electron chi connectivity index (χ0n) is 14.2. The highest BCUT2D eigenvalue weighted by atomic mass is 19.1. The molecule has 1 N–H and O–H groups in total. The summed E-state index contributed by atoms with van der Waals surface area (Å²) >= 11 is 0. The van der Waals surface area contributed by atoms with Gasteiger partial charge in [0.15, 0.2) is 5.58 Å². The normalized spacial score (nSPS) is 17.6. The van der Waals surface area contributed by atoms with E-state index in [1.54, 1.807) is 35.2 Å². The second-order valence-electron chi connectivity index (χ2n) is 6.54. The maximum Gasteiger partial charge on any atom is 0.254 e. The lowest BCUT2D eigenvalue weighted by Gasteiger charge is -2.34. The van der Waals surface area contributed by atoms with Gasteiger partial charge in [0.2, 0.25) is 5.89 Å². The molecule has 0 bridgehead atoms. The summed E-state index contributed by atoms with van der Waals surface area (Å²) in [5, 5.41) is 9.53. The molecule has 2 heterocycles. The van der Waals surface area contributed by atoms with Crippen molar-refractivity contribution in [1.29, 1.82) is 0 Å². The van der Waals surface area contributed by atoms with Crippen LogP contribution in [0.1, 0.15) is 29.6 Å². The van der Waals surface area contributed by atoms with E-state index in [0.29, 0.717) is 34.7 Å². The van der Waals surface area contributed by atoms with Crippen LogP contribution in [0.4, 0.5) is 4.39 Å². The van der Waals surface area contributed by atoms with Crippen molar-refractivity contribution in [3.05, 3.63) is 53.8 Å². The number of carbonyl (C=O) groups excluding carboxylic acids is 1. The number of aliphatic hydroxyl groups excluding tert-OH is 1. The van der Waals surface area contributed by atoms with Gasteiger partial charge < -0.3 is 14.4 Å². The van der Waals surface area contributed by atoms with E-state index in [0.717, 1.165) is 19.3 Å². The van der Waals surface area contributed by atoms with E-state index in [4.69, 9.17) is 4.42 Å². The van der Waals surface area contributed by atoms with E-state index >= 15 is 0 Å². The van der Waals surface area contributed by atoms with Gasteiger partial charge in [0.05, 0.1) is 12.6 Å². The molecule has 134 valence electrons. The van der Waals surface area contributed by atoms with E-state index < -0.39 is 0 Å². The lowest BCUT2D eigenvalue weighted by Crippen LogP contribution is -2.45. The fourth-order valence-corrected chi connectivity index (χ4v) is 3.43. The molecule has 2 aromatic carbocycles. The molecular formula is C20H19FN2O3. The number of aromatic nitrogens is 1. The molecule has 1 aliphatic heterocycles. The number of halogens is 1. The van der Waals surface area contributed by atoms with Gasteiger partial charge in [-0.15, -0.1) is 0 Å². The van der Waals surface area contributed by atoms with Crippen molar-refractivity contribution >= 4 is 17.0 Å². The molecule has 1 atom stereocenters. The Bertz CT molecular complexity index is 953. The van der Waals surface area contributed by atoms with Gasteiger partial charge in [-0.05, 0) is 55.7 Å². The lowest BCUT2D eigenvalue weighted by atomic mass is 10.0. The van der Waals surface area contributed by atoms with Crippen LogP contribution in [0.5, 0.6) is 0 Å². The molecule has 5 nitrogen and oxygen atoms in total. The number of oxazole rings is 1. The number of piperidine rings is 1. The molecule has 1 amide bonds. The average Bonchev–Trinajstić information content (AvgIpc) is 3.10. The minimum Gasteiger partial charge on any atom is -0.436 e. The Morgan fingerprint density at radius 3 is 2.96 bits per heavy atom. The number of aliphatic hydroxyl groups is 1. The molecule has 1 fully saturated rings. The molecule has 26 heavy (non-hydrogen) atoms. The summed E-state index contributed by atoms with van der Waals surface area (Å²) in [7, 11) is 0. The summed E-state index contributed by atoms with van der Waals surface area (Å²) in [5.41, 5.74) is 2.15. The van der Waals surface area contributed by atoms with Crippen molar-refractivity contribution in [2.75, 3.05) is 13.2 Å². The predicted molar refractivity (Wildman–Crippen MR) is 95.2 cm³/mol. The first-order valence-corrected chi connectivity index (χ1v) is 8.74. The van der Waals surface area contributed by atoms with E-state index in [2.05, 4.69) is 4.98 Å². The first kappa shape index (κ1) is 16.7. The zero-order valence-corrected chi connectivity index (χ0v) is 14.2. The highest BCUT2D eigenvalue weighted by molar-refractivity contribution is 5.97. The Labute approximate surface area is 150 Å². The third-order valence-corrected chi connectivity index (χ3v) is 4.80. The smallest absolute Gasteiger partial charge is 0.254 e. The third kappa shape index (κ3) is 3.08. The van der Waals surface area contributed by atoms with Crippen molar-refractivity contribution in [3.8, 4) is 11.5 Å². The van der Waals surface area contributed by atoms with Gasteiger partial charge >= 0.3 is 0 Å². The van der Waals surface area contributed by atoms with Crippen LogP contribution in [0.3, 0.4) is 0 Å². The second kappa shape index (κ2) is 6.88. The number of carbonyl (C=O) groups is 1. The largest absolute Gasteiger partial charge is 0.436 e. The minimum absolute atomic E-state index is 0.0261. The number of nitrogens with zero attached hydrogens (tertiary/aromatic N) is 2. The van der Waals surface area contributed by atoms with E-state index in [-0.39, 0.29) is 24.4 Å². The molecule has 1 unspecified atom stereocenters. The van der Waals surface area contributed by atoms with Crippen LogP contribution in [-0.4, -0.2) is 40.1 Å². The van der Waals surface area contributed by atoms with Crippen molar-refractivity contribution in [2.24, 2.45) is 0 Å². The second-order valence-corrected chi connectivity index (χ2v) is 6.54. The molecule has 0 spiro atoms. The highest BCUT2D eigenvalue weighted by Gasteiger charge is 2.27. The van der Waals surface area contributed by atoms with E-state index in [9.17, 15) is 14.3 Å². The molecule has 0 radical (unpaired) electrons. The average molecular weight is 354 g/mol. The van der Waals surface area contributed by atoms with Crippen molar-refractivity contribution < 1.29 is 18.7 Å². The zero-order chi connectivity index (χ0) is 18.1. The molecule has 0 aliphatic carbocycles. The number of hydrogen-bond acceptors (Lipinski definition) is 4. The first-order valence-electron chi connectivity index (χ1n) is 8.74. The minimum atomic E-state index is -0.360. The van der Waals surface area contributed by atoms with Gasteiger partial charge in [-0.3, -0.25) is 4.79 Å². The van der Waals surface area contributed by atoms with Crippen LogP contribution in [-0.2, 0) is 0 Å². The molecule has 6 heteroatoms. The van der Waals surface area contributed by atoms with E-state index in [1.807, 2.05) is 0 Å². The monoisotopic (exact) mass is 354 g/mol. The van der Waals surface area contributed by atoms with Crippen LogP contribution in [0.15, 0.2) is 46.9 Å². The van der Waals surface area contributed by atoms with Gasteiger partial charge in [-0.2, -0.15) is 0 Å². The first-order chi connectivity index (χ1) is 12.7. The van der Waals surface area contributed by atoms with Crippen molar-refractivity contribution in [3.63, 3.8) is 0 Å². The number of likely N-dealkylation sites (tertiary alicyclic amines) is 1. The summed E-state index contributed by atoms with van der Waals surface area (Å²) in [4.78, 5) is 19.0. The van der Waals surface area contributed by atoms with Gasteiger partial charge in [0.1, 0.15) is 11.3 Å². The summed E-state index contributed by atoms with van der Waals surface area (Å²) in [5.74, 6) is -0.156. The Morgan fingerprint density at radius 1 is 1.27 bits per heavy atom. The van der Waals surface area contributed by atoms with Crippen LogP contribution >= 0.6 is 0 Å². The Morgan fingerprint density at radius 2 is 2.15 bits per heavy atom. The van der Waals surface area contributed by atoms with Gasteiger partial charge in [0, 0.05) is 17.7 Å². The molecule has 1 saturated heterocycles. The highest BCUT2D eigenvalue weighted by Crippen LogP contribution is 2.26. The molecule has 3 aromatic rings. The molecule has 1 aliphatic rings. The SMILES string of the molecule is O=C(c1ccc2oc(-c3cccc(F)c3)nc2c1)N1CCCCC1CO. The van der Waals surface area contributed by atoms with Crippen molar-refractivity contribution in [1.82, 2.24) is 9.88 Å². The number of amides is 1. The summed E-state index contributed by atoms with van der Waals surface area (Å²) in [6.45, 7) is 0.622. The van der Waals surface area contributed by atoms with Crippen LogP contribution < -0.4 is 0 Å².